The van der Waals surface area contributed by atoms with Gasteiger partial charge in [0.25, 0.3) is 0 Å². The number of nitrogens with zero attached hydrogens (tertiary/aromatic N) is 3. The van der Waals surface area contributed by atoms with Gasteiger partial charge in [-0.05, 0) is 65.9 Å². The molecule has 2 rings (SSSR count). The Morgan fingerprint density at radius 2 is 1.90 bits per heavy atom. The molecular weight excluding hydrogens is 248 g/mol. The summed E-state index contributed by atoms with van der Waals surface area (Å²) in [6.45, 7) is 8.82. The van der Waals surface area contributed by atoms with E-state index in [0.717, 1.165) is 11.6 Å². The minimum Gasteiger partial charge on any atom is -0.365 e. The molecular formula is C16H28N4. The fourth-order valence-corrected chi connectivity index (χ4v) is 2.64. The van der Waals surface area contributed by atoms with Gasteiger partial charge in [-0.3, -0.25) is 0 Å². The molecule has 0 aliphatic carbocycles. The molecule has 1 aliphatic rings. The largest absolute Gasteiger partial charge is 0.365 e. The summed E-state index contributed by atoms with van der Waals surface area (Å²) >= 11 is 0. The van der Waals surface area contributed by atoms with Gasteiger partial charge in [-0.1, -0.05) is 6.07 Å². The van der Waals surface area contributed by atoms with Crippen molar-refractivity contribution in [3.8, 4) is 0 Å². The van der Waals surface area contributed by atoms with Crippen molar-refractivity contribution < 1.29 is 0 Å². The van der Waals surface area contributed by atoms with Crippen LogP contribution in [0, 0.1) is 0 Å². The number of likely N-dealkylation sites (tertiary alicyclic amines) is 1. The lowest BCUT2D eigenvalue weighted by Crippen LogP contribution is -2.42. The second kappa shape index (κ2) is 6.00. The maximum atomic E-state index is 4.75. The van der Waals surface area contributed by atoms with E-state index in [0.29, 0.717) is 6.04 Å². The van der Waals surface area contributed by atoms with Crippen molar-refractivity contribution in [1.29, 1.82) is 0 Å². The summed E-state index contributed by atoms with van der Waals surface area (Å²) in [5, 5.41) is 3.44. The van der Waals surface area contributed by atoms with E-state index in [1.54, 1.807) is 0 Å². The molecule has 0 spiro atoms. The van der Waals surface area contributed by atoms with Gasteiger partial charge in [-0.25, -0.2) is 4.98 Å². The fourth-order valence-electron chi connectivity index (χ4n) is 2.64. The minimum atomic E-state index is 0.0394. The molecule has 1 aliphatic heterocycles. The van der Waals surface area contributed by atoms with E-state index in [1.165, 1.54) is 25.9 Å². The van der Waals surface area contributed by atoms with Gasteiger partial charge in [0, 0.05) is 18.6 Å². The summed E-state index contributed by atoms with van der Waals surface area (Å²) in [6.07, 6.45) is 2.43. The SMILES string of the molecule is CN1CCC(N(C)c2cccc(NC(C)(C)C)n2)CC1. The van der Waals surface area contributed by atoms with Crippen LogP contribution in [-0.4, -0.2) is 48.6 Å². The molecule has 2 heterocycles. The first kappa shape index (κ1) is 15.1. The highest BCUT2D eigenvalue weighted by molar-refractivity contribution is 5.48. The predicted octanol–water partition coefficient (Wildman–Crippen LogP) is 2.82. The van der Waals surface area contributed by atoms with Crippen molar-refractivity contribution in [2.45, 2.75) is 45.2 Å². The number of nitrogens with one attached hydrogen (secondary N) is 1. The molecule has 1 N–H and O–H groups in total. The molecule has 0 radical (unpaired) electrons. The average molecular weight is 276 g/mol. The number of rotatable bonds is 3. The van der Waals surface area contributed by atoms with Gasteiger partial charge in [-0.2, -0.15) is 0 Å². The van der Waals surface area contributed by atoms with Gasteiger partial charge in [0.2, 0.25) is 0 Å². The van der Waals surface area contributed by atoms with Crippen molar-refractivity contribution in [3.05, 3.63) is 18.2 Å². The first-order valence-corrected chi connectivity index (χ1v) is 7.52. The highest BCUT2D eigenvalue weighted by Gasteiger charge is 2.21. The Bertz CT molecular complexity index is 430. The maximum Gasteiger partial charge on any atom is 0.130 e. The van der Waals surface area contributed by atoms with Crippen molar-refractivity contribution >= 4 is 11.6 Å². The van der Waals surface area contributed by atoms with Crippen LogP contribution in [0.4, 0.5) is 11.6 Å². The molecule has 0 saturated carbocycles. The minimum absolute atomic E-state index is 0.0394. The van der Waals surface area contributed by atoms with Crippen LogP contribution in [0.1, 0.15) is 33.6 Å². The monoisotopic (exact) mass is 276 g/mol. The molecule has 0 aromatic carbocycles. The second-order valence-electron chi connectivity index (χ2n) is 6.90. The van der Waals surface area contributed by atoms with Gasteiger partial charge in [0.05, 0.1) is 0 Å². The topological polar surface area (TPSA) is 31.4 Å². The predicted molar refractivity (Wildman–Crippen MR) is 86.5 cm³/mol. The number of hydrogen-bond donors (Lipinski definition) is 1. The molecule has 0 bridgehead atoms. The highest BCUT2D eigenvalue weighted by atomic mass is 15.2. The van der Waals surface area contributed by atoms with Gasteiger partial charge in [0.1, 0.15) is 11.6 Å². The number of piperidine rings is 1. The lowest BCUT2D eigenvalue weighted by molar-refractivity contribution is 0.252. The number of pyridine rings is 1. The van der Waals surface area contributed by atoms with Crippen LogP contribution in [0.25, 0.3) is 0 Å². The van der Waals surface area contributed by atoms with Crippen molar-refractivity contribution in [1.82, 2.24) is 9.88 Å². The Labute approximate surface area is 123 Å². The number of hydrogen-bond acceptors (Lipinski definition) is 4. The lowest BCUT2D eigenvalue weighted by Gasteiger charge is -2.36. The zero-order valence-corrected chi connectivity index (χ0v) is 13.5. The van der Waals surface area contributed by atoms with E-state index < -0.39 is 0 Å². The maximum absolute atomic E-state index is 4.75. The fraction of sp³-hybridized carbons (Fsp3) is 0.688. The highest BCUT2D eigenvalue weighted by Crippen LogP contribution is 2.22. The Morgan fingerprint density at radius 1 is 1.25 bits per heavy atom. The molecule has 1 fully saturated rings. The summed E-state index contributed by atoms with van der Waals surface area (Å²) in [5.74, 6) is 2.02. The Balaban J connectivity index is 2.06. The molecule has 4 nitrogen and oxygen atoms in total. The first-order chi connectivity index (χ1) is 9.35. The van der Waals surface area contributed by atoms with Crippen LogP contribution in [0.15, 0.2) is 18.2 Å². The smallest absolute Gasteiger partial charge is 0.130 e. The van der Waals surface area contributed by atoms with E-state index in [2.05, 4.69) is 62.1 Å². The van der Waals surface area contributed by atoms with Gasteiger partial charge < -0.3 is 15.1 Å². The van der Waals surface area contributed by atoms with Crippen LogP contribution in [0.2, 0.25) is 0 Å². The third-order valence-corrected chi connectivity index (χ3v) is 3.83. The van der Waals surface area contributed by atoms with Crippen LogP contribution in [-0.2, 0) is 0 Å². The molecule has 4 heteroatoms. The van der Waals surface area contributed by atoms with E-state index in [9.17, 15) is 0 Å². The Hall–Kier alpha value is -1.29. The third-order valence-electron chi connectivity index (χ3n) is 3.83. The van der Waals surface area contributed by atoms with Crippen molar-refractivity contribution in [3.63, 3.8) is 0 Å². The molecule has 1 aromatic rings. The number of aromatic nitrogens is 1. The van der Waals surface area contributed by atoms with Crippen LogP contribution in [0.5, 0.6) is 0 Å². The first-order valence-electron chi connectivity index (χ1n) is 7.52. The molecule has 20 heavy (non-hydrogen) atoms. The van der Waals surface area contributed by atoms with Gasteiger partial charge >= 0.3 is 0 Å². The molecule has 112 valence electrons. The summed E-state index contributed by atoms with van der Waals surface area (Å²) in [7, 11) is 4.36. The number of anilines is 2. The van der Waals surface area contributed by atoms with Gasteiger partial charge in [-0.15, -0.1) is 0 Å². The summed E-state index contributed by atoms with van der Waals surface area (Å²) < 4.78 is 0. The summed E-state index contributed by atoms with van der Waals surface area (Å²) in [4.78, 5) is 9.49. The standard InChI is InChI=1S/C16H28N4/c1-16(2,3)18-14-7-6-8-15(17-14)20(5)13-9-11-19(4)12-10-13/h6-8,13H,9-12H2,1-5H3,(H,17,18). The van der Waals surface area contributed by atoms with Gasteiger partial charge in [0.15, 0.2) is 0 Å². The molecule has 1 saturated heterocycles. The summed E-state index contributed by atoms with van der Waals surface area (Å²) in [6, 6.07) is 6.83. The van der Waals surface area contributed by atoms with Crippen LogP contribution in [0.3, 0.4) is 0 Å². The van der Waals surface area contributed by atoms with Crippen LogP contribution >= 0.6 is 0 Å². The lowest BCUT2D eigenvalue weighted by atomic mass is 10.0. The third kappa shape index (κ3) is 4.10. The second-order valence-corrected chi connectivity index (χ2v) is 6.90. The average Bonchev–Trinajstić information content (AvgIpc) is 2.37. The zero-order chi connectivity index (χ0) is 14.8. The van der Waals surface area contributed by atoms with E-state index in [1.807, 2.05) is 6.07 Å². The molecule has 0 amide bonds. The molecule has 0 unspecified atom stereocenters. The van der Waals surface area contributed by atoms with E-state index in [4.69, 9.17) is 4.98 Å². The van der Waals surface area contributed by atoms with Crippen molar-refractivity contribution in [2.24, 2.45) is 0 Å². The van der Waals surface area contributed by atoms with Crippen LogP contribution < -0.4 is 10.2 Å². The Kier molecular flexibility index (Phi) is 4.53. The zero-order valence-electron chi connectivity index (χ0n) is 13.5. The Morgan fingerprint density at radius 3 is 2.50 bits per heavy atom. The molecule has 0 atom stereocenters. The molecule has 1 aromatic heterocycles. The van der Waals surface area contributed by atoms with E-state index >= 15 is 0 Å². The van der Waals surface area contributed by atoms with E-state index in [-0.39, 0.29) is 5.54 Å². The normalized spacial score (nSPS) is 18.1. The summed E-state index contributed by atoms with van der Waals surface area (Å²) in [5.41, 5.74) is 0.0394. The quantitative estimate of drug-likeness (QED) is 0.920. The van der Waals surface area contributed by atoms with Crippen molar-refractivity contribution in [2.75, 3.05) is 37.4 Å².